The second-order valence-electron chi connectivity index (χ2n) is 7.17. The lowest BCUT2D eigenvalue weighted by molar-refractivity contribution is -0.119. The molecule has 0 saturated carbocycles. The van der Waals surface area contributed by atoms with Crippen LogP contribution in [0.25, 0.3) is 0 Å². The van der Waals surface area contributed by atoms with Crippen LogP contribution in [-0.2, 0) is 10.5 Å². The van der Waals surface area contributed by atoms with Crippen molar-refractivity contribution in [2.45, 2.75) is 37.7 Å². The average molecular weight is 406 g/mol. The molecule has 27 heavy (non-hydrogen) atoms. The van der Waals surface area contributed by atoms with Crippen LogP contribution in [0.3, 0.4) is 0 Å². The van der Waals surface area contributed by atoms with Crippen LogP contribution in [0.4, 0.5) is 0 Å². The number of methoxy groups -OCH3 is 1. The highest BCUT2D eigenvalue weighted by molar-refractivity contribution is 7.99. The van der Waals surface area contributed by atoms with Crippen molar-refractivity contribution >= 4 is 29.3 Å². The zero-order valence-electron chi connectivity index (χ0n) is 15.8. The molecular formula is C21H24ClNO3S. The highest BCUT2D eigenvalue weighted by atomic mass is 35.5. The molecule has 1 atom stereocenters. The van der Waals surface area contributed by atoms with Gasteiger partial charge in [0.2, 0.25) is 5.91 Å². The van der Waals surface area contributed by atoms with E-state index >= 15 is 0 Å². The molecular weight excluding hydrogens is 382 g/mol. The van der Waals surface area contributed by atoms with E-state index in [0.717, 1.165) is 27.6 Å². The van der Waals surface area contributed by atoms with E-state index in [-0.39, 0.29) is 17.6 Å². The molecule has 0 saturated heterocycles. The van der Waals surface area contributed by atoms with E-state index in [4.69, 9.17) is 21.1 Å². The van der Waals surface area contributed by atoms with E-state index in [1.54, 1.807) is 18.9 Å². The van der Waals surface area contributed by atoms with E-state index < -0.39 is 0 Å². The summed E-state index contributed by atoms with van der Waals surface area (Å²) in [5.41, 5.74) is 1.67. The van der Waals surface area contributed by atoms with Gasteiger partial charge in [0.05, 0.1) is 18.9 Å². The predicted molar refractivity (Wildman–Crippen MR) is 111 cm³/mol. The van der Waals surface area contributed by atoms with E-state index in [2.05, 4.69) is 5.32 Å². The lowest BCUT2D eigenvalue weighted by atomic mass is 9.89. The summed E-state index contributed by atoms with van der Waals surface area (Å²) < 4.78 is 11.4. The minimum absolute atomic E-state index is 0.0107. The topological polar surface area (TPSA) is 47.6 Å². The van der Waals surface area contributed by atoms with Crippen LogP contribution in [-0.4, -0.2) is 24.4 Å². The standard InChI is InChI=1S/C21H24ClNO3S/c1-21(2)11-18(16-9-8-15(25-3)10-19(16)26-21)23-20(24)13-27-12-14-6-4-5-7-17(14)22/h4-10,18H,11-13H2,1-3H3,(H,23,24). The number of nitrogens with one attached hydrogen (secondary N) is 1. The molecule has 1 heterocycles. The van der Waals surface area contributed by atoms with Crippen molar-refractivity contribution in [1.82, 2.24) is 5.32 Å². The summed E-state index contributed by atoms with van der Waals surface area (Å²) in [5.74, 6) is 2.61. The Morgan fingerprint density at radius 1 is 1.33 bits per heavy atom. The summed E-state index contributed by atoms with van der Waals surface area (Å²) in [7, 11) is 1.63. The zero-order valence-corrected chi connectivity index (χ0v) is 17.3. The minimum atomic E-state index is -0.359. The molecule has 1 N–H and O–H groups in total. The third-order valence-electron chi connectivity index (χ3n) is 4.46. The number of hydrogen-bond acceptors (Lipinski definition) is 4. The molecule has 2 aromatic rings. The highest BCUT2D eigenvalue weighted by Crippen LogP contribution is 2.41. The van der Waals surface area contributed by atoms with Gasteiger partial charge < -0.3 is 14.8 Å². The monoisotopic (exact) mass is 405 g/mol. The molecule has 1 unspecified atom stereocenters. The van der Waals surface area contributed by atoms with Gasteiger partial charge in [0.1, 0.15) is 17.1 Å². The smallest absolute Gasteiger partial charge is 0.230 e. The second kappa shape index (κ2) is 8.44. The summed E-state index contributed by atoms with van der Waals surface area (Å²) in [6.45, 7) is 4.06. The SMILES string of the molecule is COc1ccc2c(c1)OC(C)(C)CC2NC(=O)CSCc1ccccc1Cl. The van der Waals surface area contributed by atoms with Crippen molar-refractivity contribution in [3.63, 3.8) is 0 Å². The number of rotatable bonds is 6. The number of carbonyl (C=O) groups is 1. The van der Waals surface area contributed by atoms with Gasteiger partial charge in [-0.15, -0.1) is 11.8 Å². The Morgan fingerprint density at radius 2 is 2.11 bits per heavy atom. The molecule has 0 spiro atoms. The van der Waals surface area contributed by atoms with Crippen molar-refractivity contribution in [3.05, 3.63) is 58.6 Å². The summed E-state index contributed by atoms with van der Waals surface area (Å²) in [5, 5.41) is 3.89. The maximum atomic E-state index is 12.5. The fourth-order valence-corrected chi connectivity index (χ4v) is 4.32. The first-order valence-corrected chi connectivity index (χ1v) is 10.4. The molecule has 2 aromatic carbocycles. The summed E-state index contributed by atoms with van der Waals surface area (Å²) >= 11 is 7.73. The van der Waals surface area contributed by atoms with Crippen LogP contribution < -0.4 is 14.8 Å². The van der Waals surface area contributed by atoms with Gasteiger partial charge in [-0.1, -0.05) is 29.8 Å². The van der Waals surface area contributed by atoms with Crippen LogP contribution in [0.2, 0.25) is 5.02 Å². The van der Waals surface area contributed by atoms with Gasteiger partial charge in [-0.2, -0.15) is 0 Å². The first kappa shape index (κ1) is 19.9. The second-order valence-corrected chi connectivity index (χ2v) is 8.57. The van der Waals surface area contributed by atoms with Crippen LogP contribution in [0, 0.1) is 0 Å². The summed E-state index contributed by atoms with van der Waals surface area (Å²) in [6, 6.07) is 13.4. The first-order chi connectivity index (χ1) is 12.9. The molecule has 1 aliphatic rings. The van der Waals surface area contributed by atoms with Gasteiger partial charge in [-0.3, -0.25) is 4.79 Å². The Morgan fingerprint density at radius 3 is 2.85 bits per heavy atom. The van der Waals surface area contributed by atoms with Gasteiger partial charge in [0.25, 0.3) is 0 Å². The van der Waals surface area contributed by atoms with E-state index in [9.17, 15) is 4.79 Å². The Hall–Kier alpha value is -1.85. The lowest BCUT2D eigenvalue weighted by Gasteiger charge is -2.38. The van der Waals surface area contributed by atoms with E-state index in [0.29, 0.717) is 17.9 Å². The predicted octanol–water partition coefficient (Wildman–Crippen LogP) is 5.00. The Labute approximate surface area is 169 Å². The molecule has 0 bridgehead atoms. The van der Waals surface area contributed by atoms with Crippen molar-refractivity contribution in [2.75, 3.05) is 12.9 Å². The quantitative estimate of drug-likeness (QED) is 0.734. The zero-order chi connectivity index (χ0) is 19.4. The number of halogens is 1. The number of thioether (sulfide) groups is 1. The third-order valence-corrected chi connectivity index (χ3v) is 5.81. The van der Waals surface area contributed by atoms with E-state index in [1.807, 2.05) is 56.3 Å². The molecule has 6 heteroatoms. The maximum absolute atomic E-state index is 12.5. The maximum Gasteiger partial charge on any atom is 0.230 e. The molecule has 0 fully saturated rings. The molecule has 0 aromatic heterocycles. The summed E-state index contributed by atoms with van der Waals surface area (Å²) in [4.78, 5) is 12.5. The largest absolute Gasteiger partial charge is 0.497 e. The van der Waals surface area contributed by atoms with Crippen LogP contribution >= 0.6 is 23.4 Å². The van der Waals surface area contributed by atoms with Crippen molar-refractivity contribution < 1.29 is 14.3 Å². The van der Waals surface area contributed by atoms with E-state index in [1.165, 1.54) is 0 Å². The third kappa shape index (κ3) is 5.11. The minimum Gasteiger partial charge on any atom is -0.497 e. The van der Waals surface area contributed by atoms with Gasteiger partial charge in [0.15, 0.2) is 0 Å². The van der Waals surface area contributed by atoms with Crippen molar-refractivity contribution in [3.8, 4) is 11.5 Å². The molecule has 0 radical (unpaired) electrons. The van der Waals surface area contributed by atoms with Gasteiger partial charge in [-0.25, -0.2) is 0 Å². The Balaban J connectivity index is 1.63. The fraction of sp³-hybridized carbons (Fsp3) is 0.381. The number of carbonyl (C=O) groups excluding carboxylic acids is 1. The van der Waals surface area contributed by atoms with Crippen LogP contribution in [0.1, 0.15) is 37.4 Å². The first-order valence-electron chi connectivity index (χ1n) is 8.85. The van der Waals surface area contributed by atoms with Crippen LogP contribution in [0.15, 0.2) is 42.5 Å². The summed E-state index contributed by atoms with van der Waals surface area (Å²) in [6.07, 6.45) is 0.716. The molecule has 3 rings (SSSR count). The van der Waals surface area contributed by atoms with Crippen molar-refractivity contribution in [2.24, 2.45) is 0 Å². The van der Waals surface area contributed by atoms with Gasteiger partial charge in [-0.05, 0) is 37.6 Å². The lowest BCUT2D eigenvalue weighted by Crippen LogP contribution is -2.41. The normalized spacial score (nSPS) is 17.6. The molecule has 4 nitrogen and oxygen atoms in total. The molecule has 144 valence electrons. The number of fused-ring (bicyclic) bond motifs is 1. The molecule has 1 amide bonds. The fourth-order valence-electron chi connectivity index (χ4n) is 3.19. The van der Waals surface area contributed by atoms with Gasteiger partial charge >= 0.3 is 0 Å². The van der Waals surface area contributed by atoms with Gasteiger partial charge in [0, 0.05) is 28.8 Å². The Kier molecular flexibility index (Phi) is 6.22. The highest BCUT2D eigenvalue weighted by Gasteiger charge is 2.34. The number of ether oxygens (including phenoxy) is 2. The molecule has 1 aliphatic heterocycles. The van der Waals surface area contributed by atoms with Crippen LogP contribution in [0.5, 0.6) is 11.5 Å². The Bertz CT molecular complexity index is 825. The average Bonchev–Trinajstić information content (AvgIpc) is 2.61. The number of benzene rings is 2. The number of hydrogen-bond donors (Lipinski definition) is 1. The van der Waals surface area contributed by atoms with Crippen molar-refractivity contribution in [1.29, 1.82) is 0 Å². The molecule has 0 aliphatic carbocycles. The number of amides is 1.